The van der Waals surface area contributed by atoms with Crippen LogP contribution in [0.2, 0.25) is 5.02 Å². The van der Waals surface area contributed by atoms with E-state index in [-0.39, 0.29) is 5.02 Å². The number of primary amides is 1. The summed E-state index contributed by atoms with van der Waals surface area (Å²) in [5.74, 6) is -0.808. The minimum absolute atomic E-state index is 0.00568. The van der Waals surface area contributed by atoms with Crippen LogP contribution in [-0.2, 0) is 4.79 Å². The molecule has 2 aromatic carbocycles. The second-order valence-electron chi connectivity index (χ2n) is 6.79. The van der Waals surface area contributed by atoms with E-state index in [1.54, 1.807) is 30.9 Å². The highest BCUT2D eigenvalue weighted by Gasteiger charge is 2.37. The van der Waals surface area contributed by atoms with Gasteiger partial charge >= 0.3 is 0 Å². The Balaban J connectivity index is 1.91. The largest absolute Gasteiger partial charge is 0.496 e. The molecule has 0 spiro atoms. The summed E-state index contributed by atoms with van der Waals surface area (Å²) in [5, 5.41) is 0.00568. The first-order valence-electron chi connectivity index (χ1n) is 8.92. The Morgan fingerprint density at radius 1 is 1.28 bits per heavy atom. The maximum atomic E-state index is 14.2. The van der Waals surface area contributed by atoms with Crippen molar-refractivity contribution < 1.29 is 13.9 Å². The number of ether oxygens (including phenoxy) is 1. The number of hydrogen-bond donors (Lipinski definition) is 1. The number of halogens is 2. The molecular formula is C21H18ClFN4O2. The minimum Gasteiger partial charge on any atom is -0.496 e. The van der Waals surface area contributed by atoms with Crippen LogP contribution in [0.5, 0.6) is 5.75 Å². The number of fused-ring (bicyclic) bond motifs is 1. The minimum atomic E-state index is -0.747. The fourth-order valence-corrected chi connectivity index (χ4v) is 3.80. The summed E-state index contributed by atoms with van der Waals surface area (Å²) < 4.78 is 21.4. The van der Waals surface area contributed by atoms with Gasteiger partial charge in [-0.25, -0.2) is 14.4 Å². The predicted molar refractivity (Wildman–Crippen MR) is 109 cm³/mol. The zero-order valence-electron chi connectivity index (χ0n) is 15.8. The van der Waals surface area contributed by atoms with Gasteiger partial charge in [-0.2, -0.15) is 0 Å². The highest BCUT2D eigenvalue weighted by atomic mass is 35.5. The molecule has 2 heterocycles. The number of hydrogen-bond acceptors (Lipinski definition) is 4. The van der Waals surface area contributed by atoms with Crippen molar-refractivity contribution in [1.29, 1.82) is 0 Å². The monoisotopic (exact) mass is 412 g/mol. The molecule has 6 nitrogen and oxygen atoms in total. The molecule has 0 radical (unpaired) electrons. The van der Waals surface area contributed by atoms with E-state index in [0.29, 0.717) is 28.7 Å². The number of imidazole rings is 1. The van der Waals surface area contributed by atoms with Gasteiger partial charge in [0.2, 0.25) is 11.9 Å². The Kier molecular flexibility index (Phi) is 4.84. The van der Waals surface area contributed by atoms with Gasteiger partial charge in [-0.3, -0.25) is 4.79 Å². The molecule has 0 bridgehead atoms. The number of amides is 1. The second kappa shape index (κ2) is 7.33. The van der Waals surface area contributed by atoms with Crippen LogP contribution in [0, 0.1) is 11.7 Å². The number of rotatable bonds is 4. The van der Waals surface area contributed by atoms with Crippen LogP contribution >= 0.6 is 11.6 Å². The molecule has 1 aliphatic rings. The van der Waals surface area contributed by atoms with E-state index in [1.807, 2.05) is 24.3 Å². The summed E-state index contributed by atoms with van der Waals surface area (Å²) in [4.78, 5) is 21.3. The Morgan fingerprint density at radius 2 is 2.03 bits per heavy atom. The molecule has 0 fully saturated rings. The van der Waals surface area contributed by atoms with Gasteiger partial charge in [0, 0.05) is 17.5 Å². The van der Waals surface area contributed by atoms with Gasteiger partial charge < -0.3 is 15.0 Å². The van der Waals surface area contributed by atoms with Gasteiger partial charge in [0.25, 0.3) is 0 Å². The highest BCUT2D eigenvalue weighted by molar-refractivity contribution is 6.30. The van der Waals surface area contributed by atoms with E-state index >= 15 is 0 Å². The van der Waals surface area contributed by atoms with Crippen LogP contribution < -0.4 is 10.5 Å². The zero-order chi connectivity index (χ0) is 20.7. The number of methoxy groups -OCH3 is 1. The van der Waals surface area contributed by atoms with Gasteiger partial charge in [-0.15, -0.1) is 0 Å². The standard InChI is InChI=1S/C21H18ClFN4O2/c1-11-18(20(24)28)19(12-7-8-14(22)15(23)9-12)27-10-16(26-21(27)25-11)13-5-3-4-6-17(13)29-2/h3-10,18-19H,1-2H3,(H2,24,28). The number of para-hydroxylation sites is 1. The fourth-order valence-electron chi connectivity index (χ4n) is 3.68. The van der Waals surface area contributed by atoms with Crippen molar-refractivity contribution in [3.63, 3.8) is 0 Å². The average molecular weight is 413 g/mol. The normalized spacial score (nSPS) is 18.1. The van der Waals surface area contributed by atoms with Crippen LogP contribution in [0.1, 0.15) is 18.5 Å². The molecule has 1 aromatic heterocycles. The quantitative estimate of drug-likeness (QED) is 0.698. The molecule has 1 amide bonds. The number of nitrogens with two attached hydrogens (primary N) is 1. The van der Waals surface area contributed by atoms with Crippen molar-refractivity contribution in [3.8, 4) is 17.0 Å². The summed E-state index contributed by atoms with van der Waals surface area (Å²) in [5.41, 5.74) is 8.15. The second-order valence-corrected chi connectivity index (χ2v) is 7.19. The lowest BCUT2D eigenvalue weighted by atomic mass is 9.87. The number of nitrogens with zero attached hydrogens (tertiary/aromatic N) is 3. The van der Waals surface area contributed by atoms with Crippen LogP contribution in [0.3, 0.4) is 0 Å². The van der Waals surface area contributed by atoms with Crippen LogP contribution in [0.4, 0.5) is 10.3 Å². The third kappa shape index (κ3) is 3.27. The molecular weight excluding hydrogens is 395 g/mol. The topological polar surface area (TPSA) is 82.5 Å². The molecule has 3 aromatic rings. The van der Waals surface area contributed by atoms with Gasteiger partial charge in [-0.05, 0) is 36.8 Å². The first-order valence-corrected chi connectivity index (χ1v) is 9.30. The molecule has 148 valence electrons. The molecule has 0 saturated heterocycles. The molecule has 1 aliphatic heterocycles. The number of carbonyl (C=O) groups excluding carboxylic acids is 1. The predicted octanol–water partition coefficient (Wildman–Crippen LogP) is 4.15. The maximum absolute atomic E-state index is 14.2. The molecule has 2 atom stereocenters. The van der Waals surface area contributed by atoms with Crippen molar-refractivity contribution in [3.05, 3.63) is 65.1 Å². The molecule has 0 saturated carbocycles. The van der Waals surface area contributed by atoms with Gasteiger partial charge in [0.1, 0.15) is 17.5 Å². The summed E-state index contributed by atoms with van der Waals surface area (Å²) in [6.45, 7) is 1.72. The van der Waals surface area contributed by atoms with E-state index < -0.39 is 23.7 Å². The summed E-state index contributed by atoms with van der Waals surface area (Å²) in [6, 6.07) is 11.3. The Bertz CT molecular complexity index is 1140. The maximum Gasteiger partial charge on any atom is 0.230 e. The highest BCUT2D eigenvalue weighted by Crippen LogP contribution is 2.40. The number of aromatic nitrogens is 2. The smallest absolute Gasteiger partial charge is 0.230 e. The van der Waals surface area contributed by atoms with Crippen LogP contribution in [0.15, 0.2) is 53.7 Å². The van der Waals surface area contributed by atoms with E-state index in [0.717, 1.165) is 5.56 Å². The summed E-state index contributed by atoms with van der Waals surface area (Å²) in [7, 11) is 1.58. The number of carbonyl (C=O) groups is 1. The lowest BCUT2D eigenvalue weighted by Crippen LogP contribution is -2.39. The Labute approximate surface area is 171 Å². The summed E-state index contributed by atoms with van der Waals surface area (Å²) in [6.07, 6.45) is 1.77. The third-order valence-electron chi connectivity index (χ3n) is 5.03. The van der Waals surface area contributed by atoms with E-state index in [1.165, 1.54) is 12.1 Å². The van der Waals surface area contributed by atoms with Crippen molar-refractivity contribution in [2.24, 2.45) is 16.6 Å². The third-order valence-corrected chi connectivity index (χ3v) is 5.34. The fraction of sp³-hybridized carbons (Fsp3) is 0.190. The Morgan fingerprint density at radius 3 is 2.72 bits per heavy atom. The van der Waals surface area contributed by atoms with E-state index in [4.69, 9.17) is 22.1 Å². The summed E-state index contributed by atoms with van der Waals surface area (Å²) >= 11 is 5.84. The molecule has 29 heavy (non-hydrogen) atoms. The lowest BCUT2D eigenvalue weighted by molar-refractivity contribution is -0.120. The molecule has 0 aliphatic carbocycles. The van der Waals surface area contributed by atoms with E-state index in [2.05, 4.69) is 9.98 Å². The van der Waals surface area contributed by atoms with Gasteiger partial charge in [0.05, 0.1) is 23.9 Å². The number of benzene rings is 2. The van der Waals surface area contributed by atoms with Gasteiger partial charge in [0.15, 0.2) is 0 Å². The van der Waals surface area contributed by atoms with Crippen LogP contribution in [-0.4, -0.2) is 28.3 Å². The molecule has 2 unspecified atom stereocenters. The molecule has 2 N–H and O–H groups in total. The SMILES string of the molecule is COc1ccccc1-c1cn2c(n1)N=C(C)C(C(N)=O)C2c1ccc(Cl)c(F)c1. The first-order chi connectivity index (χ1) is 13.9. The van der Waals surface area contributed by atoms with Crippen molar-refractivity contribution in [2.75, 3.05) is 7.11 Å². The Hall–Kier alpha value is -3.19. The zero-order valence-corrected chi connectivity index (χ0v) is 16.5. The van der Waals surface area contributed by atoms with Crippen LogP contribution in [0.25, 0.3) is 11.3 Å². The van der Waals surface area contributed by atoms with Crippen molar-refractivity contribution in [1.82, 2.24) is 9.55 Å². The molecule has 8 heteroatoms. The van der Waals surface area contributed by atoms with E-state index in [9.17, 15) is 9.18 Å². The van der Waals surface area contributed by atoms with Gasteiger partial charge in [-0.1, -0.05) is 29.8 Å². The first kappa shape index (κ1) is 19.1. The average Bonchev–Trinajstić information content (AvgIpc) is 3.12. The number of aliphatic imine (C=N–C) groups is 1. The van der Waals surface area contributed by atoms with Crippen molar-refractivity contribution >= 4 is 29.2 Å². The lowest BCUT2D eigenvalue weighted by Gasteiger charge is -2.30. The molecule has 4 rings (SSSR count). The van der Waals surface area contributed by atoms with Crippen molar-refractivity contribution in [2.45, 2.75) is 13.0 Å².